The maximum atomic E-state index is 11.4. The molecule has 160 valence electrons. The van der Waals surface area contributed by atoms with Crippen molar-refractivity contribution in [1.82, 2.24) is 9.97 Å². The van der Waals surface area contributed by atoms with E-state index in [1.165, 1.54) is 31.0 Å². The molecule has 31 heavy (non-hydrogen) atoms. The highest BCUT2D eigenvalue weighted by Gasteiger charge is 2.12. The van der Waals surface area contributed by atoms with E-state index in [0.717, 1.165) is 21.0 Å². The second-order valence-corrected chi connectivity index (χ2v) is 9.13. The molecule has 0 aliphatic rings. The molecule has 0 amide bonds. The summed E-state index contributed by atoms with van der Waals surface area (Å²) in [7, 11) is -2.18. The van der Waals surface area contributed by atoms with Gasteiger partial charge in [-0.1, -0.05) is 23.9 Å². The lowest BCUT2D eigenvalue weighted by Crippen LogP contribution is -2.12. The molecule has 0 fully saturated rings. The predicted octanol–water partition coefficient (Wildman–Crippen LogP) is 3.09. The summed E-state index contributed by atoms with van der Waals surface area (Å²) in [4.78, 5) is 10.00. The summed E-state index contributed by atoms with van der Waals surface area (Å²) >= 11 is 1.46. The molecule has 0 unspecified atom stereocenters. The van der Waals surface area contributed by atoms with Gasteiger partial charge in [0.05, 0.1) is 12.0 Å². The number of nitrogens with zero attached hydrogens (tertiary/aromatic N) is 3. The Labute approximate surface area is 185 Å². The van der Waals surface area contributed by atoms with Crippen molar-refractivity contribution in [2.45, 2.75) is 28.2 Å². The van der Waals surface area contributed by atoms with Crippen LogP contribution in [0.1, 0.15) is 17.0 Å². The van der Waals surface area contributed by atoms with Crippen molar-refractivity contribution in [3.05, 3.63) is 65.6 Å². The van der Waals surface area contributed by atoms with Gasteiger partial charge in [0.25, 0.3) is 0 Å². The monoisotopic (exact) mass is 456 g/mol. The molecule has 1 heterocycles. The van der Waals surface area contributed by atoms with Crippen LogP contribution < -0.4 is 14.6 Å². The van der Waals surface area contributed by atoms with Gasteiger partial charge in [0.1, 0.15) is 16.9 Å². The molecule has 3 rings (SSSR count). The van der Waals surface area contributed by atoms with Crippen LogP contribution in [0.15, 0.2) is 63.5 Å². The van der Waals surface area contributed by atoms with E-state index in [1.54, 1.807) is 24.4 Å². The zero-order valence-corrected chi connectivity index (χ0v) is 18.5. The third-order valence-electron chi connectivity index (χ3n) is 4.23. The van der Waals surface area contributed by atoms with Gasteiger partial charge >= 0.3 is 0 Å². The van der Waals surface area contributed by atoms with Crippen molar-refractivity contribution in [3.63, 3.8) is 0 Å². The Morgan fingerprint density at radius 1 is 1.16 bits per heavy atom. The molecule has 0 radical (unpaired) electrons. The van der Waals surface area contributed by atoms with Crippen LogP contribution in [-0.4, -0.2) is 32.1 Å². The standard InChI is InChI=1S/C21H20N4O4S2/c1-14-13-24-20(11-15-3-6-17(7-4-15)31(23,26)27)25-21(14)30-16-5-8-18(29-10-9-22)19(12-16)28-2/h3-8,12-13H,10-11H2,1-2H3,(H2,23,26,27). The van der Waals surface area contributed by atoms with Gasteiger partial charge in [-0.05, 0) is 48.4 Å². The lowest BCUT2D eigenvalue weighted by Gasteiger charge is -2.11. The first kappa shape index (κ1) is 22.6. The molecule has 0 atom stereocenters. The molecule has 3 aromatic rings. The number of hydrogen-bond acceptors (Lipinski definition) is 8. The Hall–Kier alpha value is -3.13. The highest BCUT2D eigenvalue weighted by Crippen LogP contribution is 2.35. The van der Waals surface area contributed by atoms with Gasteiger partial charge in [-0.3, -0.25) is 0 Å². The number of nitrogens with two attached hydrogens (primary N) is 1. The average Bonchev–Trinajstić information content (AvgIpc) is 2.75. The summed E-state index contributed by atoms with van der Waals surface area (Å²) in [6.07, 6.45) is 2.20. The van der Waals surface area contributed by atoms with Crippen LogP contribution in [0.5, 0.6) is 11.5 Å². The topological polar surface area (TPSA) is 128 Å². The van der Waals surface area contributed by atoms with Crippen LogP contribution in [-0.2, 0) is 16.4 Å². The molecule has 2 aromatic carbocycles. The Bertz CT molecular complexity index is 1220. The van der Waals surface area contributed by atoms with Crippen molar-refractivity contribution in [2.24, 2.45) is 5.14 Å². The fourth-order valence-electron chi connectivity index (χ4n) is 2.68. The van der Waals surface area contributed by atoms with Crippen LogP contribution in [0, 0.1) is 18.3 Å². The van der Waals surface area contributed by atoms with Crippen molar-refractivity contribution < 1.29 is 17.9 Å². The third-order valence-corrected chi connectivity index (χ3v) is 6.26. The minimum absolute atomic E-state index is 0.0601. The summed E-state index contributed by atoms with van der Waals surface area (Å²) in [5, 5.41) is 14.6. The predicted molar refractivity (Wildman–Crippen MR) is 116 cm³/mol. The maximum absolute atomic E-state index is 11.4. The van der Waals surface area contributed by atoms with E-state index in [1.807, 2.05) is 25.1 Å². The molecule has 0 bridgehead atoms. The van der Waals surface area contributed by atoms with Gasteiger partial charge in [0.2, 0.25) is 10.0 Å². The van der Waals surface area contributed by atoms with Crippen molar-refractivity contribution in [3.8, 4) is 17.6 Å². The number of methoxy groups -OCH3 is 1. The number of primary sulfonamides is 1. The minimum atomic E-state index is -3.72. The van der Waals surface area contributed by atoms with E-state index in [4.69, 9.17) is 19.9 Å². The highest BCUT2D eigenvalue weighted by atomic mass is 32.2. The molecule has 0 saturated heterocycles. The van der Waals surface area contributed by atoms with Gasteiger partial charge in [0, 0.05) is 17.5 Å². The Morgan fingerprint density at radius 2 is 1.90 bits per heavy atom. The quantitative estimate of drug-likeness (QED) is 0.512. The Morgan fingerprint density at radius 3 is 2.55 bits per heavy atom. The first-order valence-electron chi connectivity index (χ1n) is 9.10. The zero-order valence-electron chi connectivity index (χ0n) is 16.9. The number of sulfonamides is 1. The Kier molecular flexibility index (Phi) is 7.12. The number of rotatable bonds is 8. The van der Waals surface area contributed by atoms with Crippen LogP contribution in [0.2, 0.25) is 0 Å². The highest BCUT2D eigenvalue weighted by molar-refractivity contribution is 7.99. The summed E-state index contributed by atoms with van der Waals surface area (Å²) in [6.45, 7) is 1.87. The van der Waals surface area contributed by atoms with Crippen molar-refractivity contribution >= 4 is 21.8 Å². The van der Waals surface area contributed by atoms with Crippen molar-refractivity contribution in [1.29, 1.82) is 5.26 Å². The first-order valence-corrected chi connectivity index (χ1v) is 11.5. The molecule has 0 aliphatic carbocycles. The molecule has 1 aromatic heterocycles. The number of hydrogen-bond donors (Lipinski definition) is 1. The van der Waals surface area contributed by atoms with Gasteiger partial charge in [-0.25, -0.2) is 23.5 Å². The lowest BCUT2D eigenvalue weighted by atomic mass is 10.1. The summed E-state index contributed by atoms with van der Waals surface area (Å²) < 4.78 is 33.5. The SMILES string of the molecule is COc1cc(Sc2nc(Cc3ccc(S(N)(=O)=O)cc3)ncc2C)ccc1OCC#N. The number of benzene rings is 2. The molecular weight excluding hydrogens is 436 g/mol. The number of ether oxygens (including phenoxy) is 2. The lowest BCUT2D eigenvalue weighted by molar-refractivity contribution is 0.329. The second kappa shape index (κ2) is 9.78. The van der Waals surface area contributed by atoms with E-state index < -0.39 is 10.0 Å². The smallest absolute Gasteiger partial charge is 0.238 e. The van der Waals surface area contributed by atoms with E-state index in [0.29, 0.717) is 23.7 Å². The van der Waals surface area contributed by atoms with E-state index >= 15 is 0 Å². The summed E-state index contributed by atoms with van der Waals surface area (Å²) in [5.74, 6) is 1.64. The normalized spacial score (nSPS) is 11.0. The van der Waals surface area contributed by atoms with E-state index in [9.17, 15) is 8.42 Å². The molecule has 0 spiro atoms. The molecule has 2 N–H and O–H groups in total. The number of nitriles is 1. The van der Waals surface area contributed by atoms with Crippen LogP contribution in [0.3, 0.4) is 0 Å². The van der Waals surface area contributed by atoms with Gasteiger partial charge < -0.3 is 9.47 Å². The second-order valence-electron chi connectivity index (χ2n) is 6.50. The minimum Gasteiger partial charge on any atom is -0.493 e. The number of aryl methyl sites for hydroxylation is 1. The van der Waals surface area contributed by atoms with Crippen LogP contribution in [0.4, 0.5) is 0 Å². The van der Waals surface area contributed by atoms with Crippen molar-refractivity contribution in [2.75, 3.05) is 13.7 Å². The maximum Gasteiger partial charge on any atom is 0.238 e. The summed E-state index contributed by atoms with van der Waals surface area (Å²) in [6, 6.07) is 13.7. The molecular formula is C21H20N4O4S2. The molecule has 0 saturated carbocycles. The van der Waals surface area contributed by atoms with Gasteiger partial charge in [-0.15, -0.1) is 0 Å². The fourth-order valence-corrected chi connectivity index (χ4v) is 4.09. The molecule has 8 nitrogen and oxygen atoms in total. The fraction of sp³-hybridized carbons (Fsp3) is 0.190. The van der Waals surface area contributed by atoms with E-state index in [-0.39, 0.29) is 11.5 Å². The van der Waals surface area contributed by atoms with Gasteiger partial charge in [0.15, 0.2) is 18.1 Å². The van der Waals surface area contributed by atoms with Crippen LogP contribution >= 0.6 is 11.8 Å². The molecule has 10 heteroatoms. The van der Waals surface area contributed by atoms with E-state index in [2.05, 4.69) is 9.97 Å². The largest absolute Gasteiger partial charge is 0.493 e. The zero-order chi connectivity index (χ0) is 22.4. The van der Waals surface area contributed by atoms with Gasteiger partial charge in [-0.2, -0.15) is 5.26 Å². The van der Waals surface area contributed by atoms with Crippen LogP contribution in [0.25, 0.3) is 0 Å². The summed E-state index contributed by atoms with van der Waals surface area (Å²) in [5.41, 5.74) is 1.79. The first-order chi connectivity index (χ1) is 14.8. The third kappa shape index (κ3) is 5.95. The number of aromatic nitrogens is 2. The Balaban J connectivity index is 1.79. The average molecular weight is 457 g/mol. The molecule has 0 aliphatic heterocycles.